The lowest BCUT2D eigenvalue weighted by Crippen LogP contribution is -2.38. The van der Waals surface area contributed by atoms with Gasteiger partial charge in [0.25, 0.3) is 5.91 Å². The second-order valence-electron chi connectivity index (χ2n) is 6.46. The van der Waals surface area contributed by atoms with Gasteiger partial charge >= 0.3 is 10.1 Å². The Bertz CT molecular complexity index is 893. The van der Waals surface area contributed by atoms with E-state index in [1.807, 2.05) is 26.0 Å². The van der Waals surface area contributed by atoms with E-state index >= 15 is 0 Å². The fraction of sp³-hybridized carbons (Fsp3) is 0.381. The average Bonchev–Trinajstić information content (AvgIpc) is 2.71. The van der Waals surface area contributed by atoms with Crippen molar-refractivity contribution in [2.45, 2.75) is 39.8 Å². The lowest BCUT2D eigenvalue weighted by atomic mass is 10.1. The van der Waals surface area contributed by atoms with Crippen LogP contribution in [-0.2, 0) is 16.7 Å². The lowest BCUT2D eigenvalue weighted by Gasteiger charge is -2.29. The fourth-order valence-corrected chi connectivity index (χ4v) is 3.20. The van der Waals surface area contributed by atoms with E-state index in [-0.39, 0.29) is 23.5 Å². The summed E-state index contributed by atoms with van der Waals surface area (Å²) in [5, 5.41) is 0. The van der Waals surface area contributed by atoms with Gasteiger partial charge in [-0.25, -0.2) is 0 Å². The van der Waals surface area contributed by atoms with Crippen LogP contribution in [0.1, 0.15) is 43.1 Å². The molecule has 7 heteroatoms. The van der Waals surface area contributed by atoms with Crippen LogP contribution in [0.4, 0.5) is 0 Å². The topological polar surface area (TPSA) is 72.9 Å². The first kappa shape index (κ1) is 21.8. The summed E-state index contributed by atoms with van der Waals surface area (Å²) < 4.78 is 33.5. The highest BCUT2D eigenvalue weighted by Crippen LogP contribution is 2.23. The Morgan fingerprint density at radius 3 is 2.29 bits per heavy atom. The molecule has 0 saturated heterocycles. The molecule has 0 N–H and O–H groups in total. The number of methoxy groups -OCH3 is 1. The average molecular weight is 406 g/mol. The van der Waals surface area contributed by atoms with Gasteiger partial charge in [-0.05, 0) is 50.1 Å². The molecule has 1 unspecified atom stereocenters. The van der Waals surface area contributed by atoms with Gasteiger partial charge in [0, 0.05) is 12.6 Å². The molecule has 0 bridgehead atoms. The molecule has 152 valence electrons. The normalized spacial score (nSPS) is 12.3. The molecule has 28 heavy (non-hydrogen) atoms. The minimum Gasteiger partial charge on any atom is -0.496 e. The molecule has 0 radical (unpaired) electrons. The summed E-state index contributed by atoms with van der Waals surface area (Å²) >= 11 is 0. The molecule has 2 rings (SSSR count). The maximum Gasteiger partial charge on any atom is 0.308 e. The Labute approximate surface area is 167 Å². The minimum atomic E-state index is -3.56. The monoisotopic (exact) mass is 405 g/mol. The van der Waals surface area contributed by atoms with Gasteiger partial charge in [0.15, 0.2) is 0 Å². The molecule has 6 nitrogen and oxygen atoms in total. The molecule has 0 spiro atoms. The fourth-order valence-electron chi connectivity index (χ4n) is 2.68. The smallest absolute Gasteiger partial charge is 0.308 e. The van der Waals surface area contributed by atoms with E-state index in [2.05, 4.69) is 0 Å². The predicted molar refractivity (Wildman–Crippen MR) is 109 cm³/mol. The third-order valence-electron chi connectivity index (χ3n) is 4.57. The molecule has 0 aliphatic heterocycles. The highest BCUT2D eigenvalue weighted by atomic mass is 32.2. The van der Waals surface area contributed by atoms with Crippen LogP contribution in [0.5, 0.6) is 11.5 Å². The zero-order valence-corrected chi connectivity index (χ0v) is 17.5. The van der Waals surface area contributed by atoms with Gasteiger partial charge in [0.05, 0.1) is 18.4 Å². The minimum absolute atomic E-state index is 0.0220. The second-order valence-corrected chi connectivity index (χ2v) is 8.32. The van der Waals surface area contributed by atoms with Crippen LogP contribution >= 0.6 is 0 Å². The Kier molecular flexibility index (Phi) is 7.45. The molecule has 0 aliphatic rings. The van der Waals surface area contributed by atoms with E-state index in [9.17, 15) is 13.2 Å². The Morgan fingerprint density at radius 2 is 1.71 bits per heavy atom. The van der Waals surface area contributed by atoms with Gasteiger partial charge < -0.3 is 13.8 Å². The third kappa shape index (κ3) is 5.48. The molecule has 0 aromatic heterocycles. The highest BCUT2D eigenvalue weighted by molar-refractivity contribution is 7.87. The van der Waals surface area contributed by atoms with Crippen molar-refractivity contribution >= 4 is 16.0 Å². The van der Waals surface area contributed by atoms with E-state index in [1.165, 1.54) is 6.92 Å². The van der Waals surface area contributed by atoms with Crippen LogP contribution in [0.25, 0.3) is 0 Å². The number of hydrogen-bond acceptors (Lipinski definition) is 5. The van der Waals surface area contributed by atoms with Gasteiger partial charge in [-0.1, -0.05) is 31.2 Å². The van der Waals surface area contributed by atoms with Crippen LogP contribution in [0.15, 0.2) is 48.5 Å². The molecule has 0 fully saturated rings. The predicted octanol–water partition coefficient (Wildman–Crippen LogP) is 3.86. The first-order chi connectivity index (χ1) is 13.3. The number of rotatable bonds is 9. The van der Waals surface area contributed by atoms with Crippen molar-refractivity contribution in [3.8, 4) is 11.5 Å². The zero-order chi connectivity index (χ0) is 20.7. The first-order valence-electron chi connectivity index (χ1n) is 9.26. The number of benzene rings is 2. The summed E-state index contributed by atoms with van der Waals surface area (Å²) in [6.07, 6.45) is 0.802. The number of hydrogen-bond donors (Lipinski definition) is 0. The summed E-state index contributed by atoms with van der Waals surface area (Å²) in [5.74, 6) is 0.594. The van der Waals surface area contributed by atoms with Gasteiger partial charge in [-0.3, -0.25) is 4.79 Å². The summed E-state index contributed by atoms with van der Waals surface area (Å²) in [7, 11) is -2.02. The van der Waals surface area contributed by atoms with Crippen LogP contribution in [0.2, 0.25) is 0 Å². The largest absolute Gasteiger partial charge is 0.496 e. The van der Waals surface area contributed by atoms with E-state index in [0.29, 0.717) is 17.9 Å². The Hall–Kier alpha value is -2.54. The maximum atomic E-state index is 13.2. The van der Waals surface area contributed by atoms with Crippen LogP contribution in [0.3, 0.4) is 0 Å². The molecule has 0 saturated carbocycles. The van der Waals surface area contributed by atoms with Crippen molar-refractivity contribution in [3.05, 3.63) is 59.7 Å². The maximum absolute atomic E-state index is 13.2. The van der Waals surface area contributed by atoms with Crippen molar-refractivity contribution < 1.29 is 22.1 Å². The summed E-state index contributed by atoms with van der Waals surface area (Å²) in [5.41, 5.74) is 1.39. The van der Waals surface area contributed by atoms with E-state index in [4.69, 9.17) is 8.92 Å². The Balaban J connectivity index is 2.24. The van der Waals surface area contributed by atoms with Gasteiger partial charge in [-0.15, -0.1) is 0 Å². The second kappa shape index (κ2) is 9.59. The third-order valence-corrected chi connectivity index (χ3v) is 5.73. The highest BCUT2D eigenvalue weighted by Gasteiger charge is 2.23. The lowest BCUT2D eigenvalue weighted by molar-refractivity contribution is 0.0668. The van der Waals surface area contributed by atoms with Crippen molar-refractivity contribution in [1.29, 1.82) is 0 Å². The number of carbonyl (C=O) groups excluding carboxylic acids is 1. The molecule has 2 aromatic rings. The van der Waals surface area contributed by atoms with Crippen molar-refractivity contribution in [2.24, 2.45) is 0 Å². The number of amides is 1. The molecule has 1 atom stereocenters. The zero-order valence-electron chi connectivity index (χ0n) is 16.7. The standard InChI is InChI=1S/C21H27NO5S/c1-5-16(3)22(21(23)19-9-7-8-10-20(19)26-4)15-17-11-13-18(14-12-17)27-28(24,25)6-2/h7-14,16H,5-6,15H2,1-4H3. The molecular formula is C21H27NO5S. The van der Waals surface area contributed by atoms with Crippen LogP contribution in [0, 0.1) is 0 Å². The molecular weight excluding hydrogens is 378 g/mol. The molecule has 0 aliphatic carbocycles. The number of nitrogens with zero attached hydrogens (tertiary/aromatic N) is 1. The van der Waals surface area contributed by atoms with E-state index < -0.39 is 10.1 Å². The van der Waals surface area contributed by atoms with Gasteiger partial charge in [0.1, 0.15) is 11.5 Å². The van der Waals surface area contributed by atoms with Gasteiger partial charge in [0.2, 0.25) is 0 Å². The summed E-state index contributed by atoms with van der Waals surface area (Å²) in [6.45, 7) is 5.95. The van der Waals surface area contributed by atoms with Crippen molar-refractivity contribution in [1.82, 2.24) is 4.90 Å². The van der Waals surface area contributed by atoms with E-state index in [0.717, 1.165) is 12.0 Å². The first-order valence-corrected chi connectivity index (χ1v) is 10.8. The quantitative estimate of drug-likeness (QED) is 0.592. The SMILES string of the molecule is CCC(C)N(Cc1ccc(OS(=O)(=O)CC)cc1)C(=O)c1ccccc1OC. The molecule has 0 heterocycles. The number of carbonyl (C=O) groups is 1. The molecule has 1 amide bonds. The van der Waals surface area contributed by atoms with Gasteiger partial charge in [-0.2, -0.15) is 8.42 Å². The Morgan fingerprint density at radius 1 is 1.07 bits per heavy atom. The molecule has 2 aromatic carbocycles. The number of para-hydroxylation sites is 1. The van der Waals surface area contributed by atoms with Crippen molar-refractivity contribution in [3.63, 3.8) is 0 Å². The summed E-state index contributed by atoms with van der Waals surface area (Å²) in [4.78, 5) is 15.0. The summed E-state index contributed by atoms with van der Waals surface area (Å²) in [6, 6.07) is 13.9. The van der Waals surface area contributed by atoms with Crippen LogP contribution < -0.4 is 8.92 Å². The van der Waals surface area contributed by atoms with Crippen molar-refractivity contribution in [2.75, 3.05) is 12.9 Å². The van der Waals surface area contributed by atoms with E-state index in [1.54, 1.807) is 48.4 Å². The number of ether oxygens (including phenoxy) is 1. The van der Waals surface area contributed by atoms with Crippen LogP contribution in [-0.4, -0.2) is 38.1 Å².